The molecule has 2 heterocycles. The van der Waals surface area contributed by atoms with Gasteiger partial charge >= 0.3 is 5.97 Å². The molecule has 1 aromatic carbocycles. The molecule has 0 atom stereocenters. The normalized spacial score (nSPS) is 10.8. The van der Waals surface area contributed by atoms with Crippen molar-refractivity contribution in [3.8, 4) is 0 Å². The summed E-state index contributed by atoms with van der Waals surface area (Å²) in [6.07, 6.45) is 1.29. The molecule has 0 bridgehead atoms. The van der Waals surface area contributed by atoms with E-state index in [-0.39, 0.29) is 5.56 Å². The average molecular weight is 287 g/mol. The fraction of sp³-hybridized carbons (Fsp3) is 0.0769. The number of fused-ring (bicyclic) bond motifs is 1. The number of benzene rings is 1. The lowest BCUT2D eigenvalue weighted by molar-refractivity contribution is 0.0695. The second-order valence-corrected chi connectivity index (χ2v) is 4.92. The van der Waals surface area contributed by atoms with Crippen LogP contribution in [0, 0.1) is 6.92 Å². The number of aryl methyl sites for hydroxylation is 1. The van der Waals surface area contributed by atoms with Crippen molar-refractivity contribution in [3.05, 3.63) is 41.7 Å². The highest BCUT2D eigenvalue weighted by molar-refractivity contribution is 7.98. The van der Waals surface area contributed by atoms with E-state index in [1.54, 1.807) is 6.92 Å². The number of nitrogens with zero attached hydrogens (tertiary/aromatic N) is 3. The molecule has 0 fully saturated rings. The lowest BCUT2D eigenvalue weighted by Crippen LogP contribution is -2.03. The van der Waals surface area contributed by atoms with E-state index < -0.39 is 5.97 Å². The van der Waals surface area contributed by atoms with Crippen molar-refractivity contribution in [3.63, 3.8) is 0 Å². The first-order valence-corrected chi connectivity index (χ1v) is 6.55. The van der Waals surface area contributed by atoms with Crippen LogP contribution in [-0.4, -0.2) is 26.0 Å². The second kappa shape index (κ2) is 4.93. The van der Waals surface area contributed by atoms with Gasteiger partial charge in [0.2, 0.25) is 0 Å². The van der Waals surface area contributed by atoms with Gasteiger partial charge in [-0.2, -0.15) is 0 Å². The quantitative estimate of drug-likeness (QED) is 0.741. The molecule has 100 valence electrons. The van der Waals surface area contributed by atoms with Crippen LogP contribution in [0.4, 0.5) is 0 Å². The van der Waals surface area contributed by atoms with Crippen LogP contribution in [0.1, 0.15) is 16.1 Å². The number of aromatic carboxylic acids is 1. The van der Waals surface area contributed by atoms with Gasteiger partial charge in [-0.25, -0.2) is 19.7 Å². The maximum absolute atomic E-state index is 10.9. The highest BCUT2D eigenvalue weighted by Gasteiger charge is 2.13. The maximum Gasteiger partial charge on any atom is 0.339 e. The standard InChI is InChI=1S/C13H9N3O3S/c1-7-8(11(17)18)6-14-12(15-7)20-13-16-9-4-2-3-5-10(9)19-13/h2-6H,1H3,(H,17,18). The van der Waals surface area contributed by atoms with Crippen molar-refractivity contribution in [1.82, 2.24) is 15.0 Å². The van der Waals surface area contributed by atoms with Crippen molar-refractivity contribution >= 4 is 28.8 Å². The Bertz CT molecular complexity index is 767. The summed E-state index contributed by atoms with van der Waals surface area (Å²) >= 11 is 1.15. The highest BCUT2D eigenvalue weighted by atomic mass is 32.2. The average Bonchev–Trinajstić information content (AvgIpc) is 2.80. The second-order valence-electron chi connectivity index (χ2n) is 4.01. The van der Waals surface area contributed by atoms with Crippen LogP contribution in [0.3, 0.4) is 0 Å². The van der Waals surface area contributed by atoms with Gasteiger partial charge in [0.05, 0.1) is 11.3 Å². The SMILES string of the molecule is Cc1nc(Sc2nc3ccccc3o2)ncc1C(=O)O. The molecule has 0 aliphatic heterocycles. The van der Waals surface area contributed by atoms with Crippen molar-refractivity contribution < 1.29 is 14.3 Å². The van der Waals surface area contributed by atoms with E-state index in [4.69, 9.17) is 9.52 Å². The molecule has 1 N–H and O–H groups in total. The fourth-order valence-corrected chi connectivity index (χ4v) is 2.40. The summed E-state index contributed by atoms with van der Waals surface area (Å²) in [4.78, 5) is 23.3. The van der Waals surface area contributed by atoms with Crippen molar-refractivity contribution in [2.75, 3.05) is 0 Å². The largest absolute Gasteiger partial charge is 0.478 e. The molecular weight excluding hydrogens is 278 g/mol. The number of para-hydroxylation sites is 2. The molecule has 2 aromatic heterocycles. The Labute approximate surface area is 117 Å². The summed E-state index contributed by atoms with van der Waals surface area (Å²) in [7, 11) is 0. The molecule has 0 amide bonds. The minimum absolute atomic E-state index is 0.0897. The maximum atomic E-state index is 10.9. The van der Waals surface area contributed by atoms with E-state index in [9.17, 15) is 4.79 Å². The smallest absolute Gasteiger partial charge is 0.339 e. The number of oxazole rings is 1. The molecule has 7 heteroatoms. The third-order valence-corrected chi connectivity index (χ3v) is 3.37. The summed E-state index contributed by atoms with van der Waals surface area (Å²) in [6, 6.07) is 7.42. The molecule has 0 saturated carbocycles. The number of carboxylic acids is 1. The van der Waals surface area contributed by atoms with E-state index in [1.807, 2.05) is 24.3 Å². The molecule has 0 spiro atoms. The molecule has 3 aromatic rings. The predicted octanol–water partition coefficient (Wildman–Crippen LogP) is 2.78. The highest BCUT2D eigenvalue weighted by Crippen LogP contribution is 2.27. The first-order chi connectivity index (χ1) is 9.63. The zero-order valence-electron chi connectivity index (χ0n) is 10.4. The molecule has 0 radical (unpaired) electrons. The summed E-state index contributed by atoms with van der Waals surface area (Å²) in [5, 5.41) is 9.75. The van der Waals surface area contributed by atoms with E-state index in [1.165, 1.54) is 6.20 Å². The predicted molar refractivity (Wildman–Crippen MR) is 71.9 cm³/mol. The van der Waals surface area contributed by atoms with Gasteiger partial charge in [0.15, 0.2) is 10.7 Å². The minimum Gasteiger partial charge on any atom is -0.478 e. The molecule has 0 saturated heterocycles. The van der Waals surface area contributed by atoms with Gasteiger partial charge in [-0.05, 0) is 19.1 Å². The molecule has 0 unspecified atom stereocenters. The third kappa shape index (κ3) is 2.35. The lowest BCUT2D eigenvalue weighted by atomic mass is 10.2. The van der Waals surface area contributed by atoms with E-state index >= 15 is 0 Å². The summed E-state index contributed by atoms with van der Waals surface area (Å²) < 4.78 is 5.55. The van der Waals surface area contributed by atoms with Gasteiger partial charge in [0, 0.05) is 18.0 Å². The van der Waals surface area contributed by atoms with Crippen molar-refractivity contribution in [2.45, 2.75) is 17.3 Å². The number of carboxylic acid groups (broad SMARTS) is 1. The van der Waals surface area contributed by atoms with Gasteiger partial charge in [-0.3, -0.25) is 0 Å². The number of rotatable bonds is 3. The van der Waals surface area contributed by atoms with Gasteiger partial charge in [-0.1, -0.05) is 12.1 Å². The third-order valence-electron chi connectivity index (χ3n) is 2.64. The summed E-state index contributed by atoms with van der Waals surface area (Å²) in [5.41, 5.74) is 1.95. The van der Waals surface area contributed by atoms with Crippen LogP contribution in [-0.2, 0) is 0 Å². The first-order valence-electron chi connectivity index (χ1n) is 5.74. The van der Waals surface area contributed by atoms with Crippen LogP contribution in [0.2, 0.25) is 0 Å². The number of hydrogen-bond acceptors (Lipinski definition) is 6. The zero-order valence-corrected chi connectivity index (χ0v) is 11.2. The molecule has 3 rings (SSSR count). The number of hydrogen-bond donors (Lipinski definition) is 1. The topological polar surface area (TPSA) is 89.1 Å². The summed E-state index contributed by atoms with van der Waals surface area (Å²) in [6.45, 7) is 1.63. The monoisotopic (exact) mass is 287 g/mol. The Balaban J connectivity index is 1.90. The van der Waals surface area contributed by atoms with Crippen LogP contribution in [0.15, 0.2) is 45.3 Å². The molecule has 0 aliphatic rings. The van der Waals surface area contributed by atoms with Gasteiger partial charge < -0.3 is 9.52 Å². The Morgan fingerprint density at radius 2 is 2.10 bits per heavy atom. The zero-order chi connectivity index (χ0) is 14.1. The minimum atomic E-state index is -1.04. The van der Waals surface area contributed by atoms with Gasteiger partial charge in [0.25, 0.3) is 5.22 Å². The lowest BCUT2D eigenvalue weighted by Gasteiger charge is -2.00. The Kier molecular flexibility index (Phi) is 3.11. The molecule has 6 nitrogen and oxygen atoms in total. The van der Waals surface area contributed by atoms with E-state index in [0.29, 0.717) is 21.7 Å². The van der Waals surface area contributed by atoms with Crippen LogP contribution < -0.4 is 0 Å². The van der Waals surface area contributed by atoms with Crippen LogP contribution in [0.25, 0.3) is 11.1 Å². The molecular formula is C13H9N3O3S. The van der Waals surface area contributed by atoms with E-state index in [0.717, 1.165) is 17.3 Å². The fourth-order valence-electron chi connectivity index (χ4n) is 1.68. The number of carbonyl (C=O) groups is 1. The van der Waals surface area contributed by atoms with Gasteiger partial charge in [-0.15, -0.1) is 0 Å². The van der Waals surface area contributed by atoms with E-state index in [2.05, 4.69) is 15.0 Å². The molecule has 0 aliphatic carbocycles. The molecule has 20 heavy (non-hydrogen) atoms. The Hall–Kier alpha value is -2.41. The van der Waals surface area contributed by atoms with Crippen LogP contribution in [0.5, 0.6) is 0 Å². The van der Waals surface area contributed by atoms with Crippen molar-refractivity contribution in [1.29, 1.82) is 0 Å². The van der Waals surface area contributed by atoms with Crippen molar-refractivity contribution in [2.24, 2.45) is 0 Å². The Morgan fingerprint density at radius 3 is 2.80 bits per heavy atom. The first kappa shape index (κ1) is 12.6. The number of aromatic nitrogens is 3. The van der Waals surface area contributed by atoms with Gasteiger partial charge in [0.1, 0.15) is 5.52 Å². The van der Waals surface area contributed by atoms with Crippen LogP contribution >= 0.6 is 11.8 Å². The summed E-state index contributed by atoms with van der Waals surface area (Å²) in [5.74, 6) is -1.04. The Morgan fingerprint density at radius 1 is 1.30 bits per heavy atom.